The van der Waals surface area contributed by atoms with E-state index in [-0.39, 0.29) is 12.5 Å². The molecule has 0 saturated carbocycles. The highest BCUT2D eigenvalue weighted by Crippen LogP contribution is 2.25. The topological polar surface area (TPSA) is 67.0 Å². The lowest BCUT2D eigenvalue weighted by molar-refractivity contribution is -0.123. The van der Waals surface area contributed by atoms with E-state index in [0.717, 1.165) is 34.6 Å². The maximum Gasteiger partial charge on any atom is 0.257 e. The lowest BCUT2D eigenvalue weighted by Crippen LogP contribution is -2.30. The SMILES string of the molecule is Cc1ccc(C)c(OCC(=O)NCCc2cnc[nH]2)c1C. The van der Waals surface area contributed by atoms with Crippen LogP contribution in [0.1, 0.15) is 22.4 Å². The molecule has 1 aromatic heterocycles. The number of amides is 1. The van der Waals surface area contributed by atoms with Crippen LogP contribution in [0.25, 0.3) is 0 Å². The predicted octanol–water partition coefficient (Wildman–Crippen LogP) is 2.07. The zero-order chi connectivity index (χ0) is 15.2. The van der Waals surface area contributed by atoms with E-state index in [1.165, 1.54) is 0 Å². The van der Waals surface area contributed by atoms with Crippen LogP contribution in [0.5, 0.6) is 5.75 Å². The van der Waals surface area contributed by atoms with Gasteiger partial charge in [0.2, 0.25) is 0 Å². The third-order valence-corrected chi connectivity index (χ3v) is 3.49. The fourth-order valence-electron chi connectivity index (χ4n) is 2.09. The number of nitrogens with zero attached hydrogens (tertiary/aromatic N) is 1. The van der Waals surface area contributed by atoms with Crippen molar-refractivity contribution in [3.05, 3.63) is 47.0 Å². The highest BCUT2D eigenvalue weighted by Gasteiger charge is 2.09. The Bertz CT molecular complexity index is 606. The van der Waals surface area contributed by atoms with Crippen molar-refractivity contribution in [3.63, 3.8) is 0 Å². The summed E-state index contributed by atoms with van der Waals surface area (Å²) in [5.41, 5.74) is 4.29. The summed E-state index contributed by atoms with van der Waals surface area (Å²) in [6, 6.07) is 4.07. The maximum absolute atomic E-state index is 11.8. The van der Waals surface area contributed by atoms with Crippen LogP contribution >= 0.6 is 0 Å². The van der Waals surface area contributed by atoms with Gasteiger partial charge >= 0.3 is 0 Å². The van der Waals surface area contributed by atoms with Crippen LogP contribution < -0.4 is 10.1 Å². The summed E-state index contributed by atoms with van der Waals surface area (Å²) in [5, 5.41) is 2.83. The summed E-state index contributed by atoms with van der Waals surface area (Å²) >= 11 is 0. The van der Waals surface area contributed by atoms with Crippen molar-refractivity contribution in [3.8, 4) is 5.75 Å². The molecule has 0 saturated heterocycles. The molecule has 0 aliphatic carbocycles. The molecule has 21 heavy (non-hydrogen) atoms. The van der Waals surface area contributed by atoms with Crippen LogP contribution in [-0.2, 0) is 11.2 Å². The molecule has 112 valence electrons. The molecular formula is C16H21N3O2. The summed E-state index contributed by atoms with van der Waals surface area (Å²) in [5.74, 6) is 0.688. The first-order chi connectivity index (χ1) is 10.1. The number of carbonyl (C=O) groups excluding carboxylic acids is 1. The number of ether oxygens (including phenoxy) is 1. The number of H-pyrrole nitrogens is 1. The van der Waals surface area contributed by atoms with Crippen molar-refractivity contribution in [2.75, 3.05) is 13.2 Å². The second-order valence-corrected chi connectivity index (χ2v) is 5.12. The molecule has 5 nitrogen and oxygen atoms in total. The van der Waals surface area contributed by atoms with Crippen molar-refractivity contribution in [2.45, 2.75) is 27.2 Å². The number of benzene rings is 1. The monoisotopic (exact) mass is 287 g/mol. The number of hydrogen-bond acceptors (Lipinski definition) is 3. The van der Waals surface area contributed by atoms with Crippen molar-refractivity contribution >= 4 is 5.91 Å². The van der Waals surface area contributed by atoms with Crippen molar-refractivity contribution in [2.24, 2.45) is 0 Å². The van der Waals surface area contributed by atoms with Gasteiger partial charge in [0, 0.05) is 24.9 Å². The van der Waals surface area contributed by atoms with Gasteiger partial charge in [0.15, 0.2) is 6.61 Å². The van der Waals surface area contributed by atoms with E-state index in [4.69, 9.17) is 4.74 Å². The summed E-state index contributed by atoms with van der Waals surface area (Å²) in [6.07, 6.45) is 4.11. The average molecular weight is 287 g/mol. The molecule has 1 aromatic carbocycles. The molecule has 2 N–H and O–H groups in total. The molecule has 5 heteroatoms. The minimum absolute atomic E-state index is 0.0358. The number of imidazole rings is 1. The standard InChI is InChI=1S/C16H21N3O2/c1-11-4-5-12(2)16(13(11)3)21-9-15(20)18-7-6-14-8-17-10-19-14/h4-5,8,10H,6-7,9H2,1-3H3,(H,17,19)(H,18,20). The quantitative estimate of drug-likeness (QED) is 0.854. The van der Waals surface area contributed by atoms with Gasteiger partial charge in [-0.1, -0.05) is 12.1 Å². The van der Waals surface area contributed by atoms with Crippen LogP contribution in [0, 0.1) is 20.8 Å². The third-order valence-electron chi connectivity index (χ3n) is 3.49. The second kappa shape index (κ2) is 6.92. The molecule has 0 aliphatic heterocycles. The van der Waals surface area contributed by atoms with Crippen LogP contribution in [0.2, 0.25) is 0 Å². The highest BCUT2D eigenvalue weighted by molar-refractivity contribution is 5.77. The maximum atomic E-state index is 11.8. The number of aromatic amines is 1. The fourth-order valence-corrected chi connectivity index (χ4v) is 2.09. The third kappa shape index (κ3) is 4.08. The Balaban J connectivity index is 1.80. The van der Waals surface area contributed by atoms with Gasteiger partial charge in [-0.05, 0) is 37.5 Å². The smallest absolute Gasteiger partial charge is 0.257 e. The van der Waals surface area contributed by atoms with Gasteiger partial charge in [0.05, 0.1) is 6.33 Å². The Hall–Kier alpha value is -2.30. The van der Waals surface area contributed by atoms with E-state index in [2.05, 4.69) is 21.4 Å². The summed E-state index contributed by atoms with van der Waals surface area (Å²) in [7, 11) is 0. The normalized spacial score (nSPS) is 10.4. The van der Waals surface area contributed by atoms with Crippen molar-refractivity contribution in [1.29, 1.82) is 0 Å². The molecule has 2 rings (SSSR count). The highest BCUT2D eigenvalue weighted by atomic mass is 16.5. The molecule has 0 fully saturated rings. The molecular weight excluding hydrogens is 266 g/mol. The minimum Gasteiger partial charge on any atom is -0.483 e. The Morgan fingerprint density at radius 3 is 2.76 bits per heavy atom. The molecule has 0 unspecified atom stereocenters. The van der Waals surface area contributed by atoms with Gasteiger partial charge in [0.25, 0.3) is 5.91 Å². The first-order valence-electron chi connectivity index (χ1n) is 7.01. The molecule has 0 atom stereocenters. The molecule has 0 spiro atoms. The molecule has 1 amide bonds. The average Bonchev–Trinajstić information content (AvgIpc) is 2.96. The Morgan fingerprint density at radius 1 is 1.29 bits per heavy atom. The summed E-state index contributed by atoms with van der Waals surface area (Å²) in [6.45, 7) is 6.63. The molecule has 1 heterocycles. The van der Waals surface area contributed by atoms with Gasteiger partial charge < -0.3 is 15.0 Å². The van der Waals surface area contributed by atoms with Crippen LogP contribution in [-0.4, -0.2) is 29.0 Å². The lowest BCUT2D eigenvalue weighted by atomic mass is 10.1. The summed E-state index contributed by atoms with van der Waals surface area (Å²) < 4.78 is 5.67. The largest absolute Gasteiger partial charge is 0.483 e. The number of aryl methyl sites for hydroxylation is 2. The number of aromatic nitrogens is 2. The van der Waals surface area contributed by atoms with Crippen LogP contribution in [0.4, 0.5) is 0 Å². The van der Waals surface area contributed by atoms with Gasteiger partial charge in [-0.3, -0.25) is 4.79 Å². The Labute approximate surface area is 124 Å². The first-order valence-corrected chi connectivity index (χ1v) is 7.01. The molecule has 0 bridgehead atoms. The van der Waals surface area contributed by atoms with E-state index in [1.54, 1.807) is 12.5 Å². The number of rotatable bonds is 6. The number of hydrogen-bond donors (Lipinski definition) is 2. The lowest BCUT2D eigenvalue weighted by Gasteiger charge is -2.13. The number of nitrogens with one attached hydrogen (secondary N) is 2. The van der Waals surface area contributed by atoms with Gasteiger partial charge in [0.1, 0.15) is 5.75 Å². The second-order valence-electron chi connectivity index (χ2n) is 5.12. The number of carbonyl (C=O) groups is 1. The van der Waals surface area contributed by atoms with Gasteiger partial charge in [-0.2, -0.15) is 0 Å². The van der Waals surface area contributed by atoms with Crippen LogP contribution in [0.15, 0.2) is 24.7 Å². The zero-order valence-electron chi connectivity index (χ0n) is 12.7. The van der Waals surface area contributed by atoms with E-state index in [9.17, 15) is 4.79 Å². The Morgan fingerprint density at radius 2 is 2.05 bits per heavy atom. The molecule has 0 aliphatic rings. The van der Waals surface area contributed by atoms with E-state index < -0.39 is 0 Å². The van der Waals surface area contributed by atoms with Gasteiger partial charge in [-0.25, -0.2) is 4.98 Å². The Kier molecular flexibility index (Phi) is 4.98. The minimum atomic E-state index is -0.116. The molecule has 2 aromatic rings. The van der Waals surface area contributed by atoms with E-state index in [1.807, 2.05) is 26.8 Å². The zero-order valence-corrected chi connectivity index (χ0v) is 12.7. The van der Waals surface area contributed by atoms with Crippen LogP contribution in [0.3, 0.4) is 0 Å². The summed E-state index contributed by atoms with van der Waals surface area (Å²) in [4.78, 5) is 18.7. The van der Waals surface area contributed by atoms with E-state index in [0.29, 0.717) is 6.54 Å². The van der Waals surface area contributed by atoms with E-state index >= 15 is 0 Å². The van der Waals surface area contributed by atoms with Crippen molar-refractivity contribution in [1.82, 2.24) is 15.3 Å². The van der Waals surface area contributed by atoms with Crippen molar-refractivity contribution < 1.29 is 9.53 Å². The predicted molar refractivity (Wildman–Crippen MR) is 81.4 cm³/mol. The first kappa shape index (κ1) is 15.1. The van der Waals surface area contributed by atoms with Gasteiger partial charge in [-0.15, -0.1) is 0 Å². The fraction of sp³-hybridized carbons (Fsp3) is 0.375. The molecule has 0 radical (unpaired) electrons.